The molecule has 0 spiro atoms. The van der Waals surface area contributed by atoms with Gasteiger partial charge >= 0.3 is 0 Å². The first-order valence-electron chi connectivity index (χ1n) is 7.11. The fourth-order valence-electron chi connectivity index (χ4n) is 3.36. The second-order valence-electron chi connectivity index (χ2n) is 6.11. The van der Waals surface area contributed by atoms with Crippen LogP contribution in [0.5, 0.6) is 0 Å². The molecular formula is C14H27NO2. The summed E-state index contributed by atoms with van der Waals surface area (Å²) in [6.45, 7) is 9.44. The first-order chi connectivity index (χ1) is 8.09. The first kappa shape index (κ1) is 13.3. The van der Waals surface area contributed by atoms with E-state index >= 15 is 0 Å². The van der Waals surface area contributed by atoms with Crippen LogP contribution in [-0.2, 0) is 4.74 Å². The standard InChI is InChI=1S/C14H27NO2/c1-10(2)12-4-5-14(16)13(8-12)15-6-7-17-9-11(15)3/h10-14,16H,4-9H2,1-3H3. The Morgan fingerprint density at radius 3 is 2.71 bits per heavy atom. The van der Waals surface area contributed by atoms with Crippen LogP contribution < -0.4 is 0 Å². The van der Waals surface area contributed by atoms with Crippen molar-refractivity contribution in [1.82, 2.24) is 4.90 Å². The molecule has 2 aliphatic rings. The molecule has 4 unspecified atom stereocenters. The summed E-state index contributed by atoms with van der Waals surface area (Å²) in [6, 6.07) is 0.810. The Balaban J connectivity index is 2.01. The van der Waals surface area contributed by atoms with Gasteiger partial charge in [0.25, 0.3) is 0 Å². The topological polar surface area (TPSA) is 32.7 Å². The summed E-state index contributed by atoms with van der Waals surface area (Å²) in [7, 11) is 0. The summed E-state index contributed by atoms with van der Waals surface area (Å²) >= 11 is 0. The zero-order valence-corrected chi connectivity index (χ0v) is 11.4. The quantitative estimate of drug-likeness (QED) is 0.801. The van der Waals surface area contributed by atoms with Crippen molar-refractivity contribution in [2.75, 3.05) is 19.8 Å². The maximum Gasteiger partial charge on any atom is 0.0695 e. The van der Waals surface area contributed by atoms with E-state index in [0.29, 0.717) is 12.1 Å². The van der Waals surface area contributed by atoms with E-state index in [1.807, 2.05) is 0 Å². The highest BCUT2D eigenvalue weighted by molar-refractivity contribution is 4.90. The van der Waals surface area contributed by atoms with Crippen LogP contribution >= 0.6 is 0 Å². The molecule has 0 bridgehead atoms. The summed E-state index contributed by atoms with van der Waals surface area (Å²) in [5.41, 5.74) is 0. The third kappa shape index (κ3) is 3.01. The number of rotatable bonds is 2. The zero-order chi connectivity index (χ0) is 12.4. The van der Waals surface area contributed by atoms with Gasteiger partial charge in [0.15, 0.2) is 0 Å². The molecular weight excluding hydrogens is 214 g/mol. The highest BCUT2D eigenvalue weighted by Gasteiger charge is 2.37. The lowest BCUT2D eigenvalue weighted by Gasteiger charge is -2.46. The molecule has 100 valence electrons. The second-order valence-corrected chi connectivity index (χ2v) is 6.11. The number of nitrogens with zero attached hydrogens (tertiary/aromatic N) is 1. The molecule has 17 heavy (non-hydrogen) atoms. The van der Waals surface area contributed by atoms with E-state index in [4.69, 9.17) is 4.74 Å². The third-order valence-electron chi connectivity index (χ3n) is 4.61. The predicted octanol–water partition coefficient (Wildman–Crippen LogP) is 1.89. The Hall–Kier alpha value is -0.120. The van der Waals surface area contributed by atoms with E-state index in [1.165, 1.54) is 6.42 Å². The van der Waals surface area contributed by atoms with Crippen molar-refractivity contribution in [3.05, 3.63) is 0 Å². The largest absolute Gasteiger partial charge is 0.391 e. The summed E-state index contributed by atoms with van der Waals surface area (Å²) in [5, 5.41) is 10.3. The average Bonchev–Trinajstić information content (AvgIpc) is 2.30. The zero-order valence-electron chi connectivity index (χ0n) is 11.4. The van der Waals surface area contributed by atoms with E-state index in [1.54, 1.807) is 0 Å². The second kappa shape index (κ2) is 5.68. The number of aliphatic hydroxyl groups is 1. The highest BCUT2D eigenvalue weighted by atomic mass is 16.5. The van der Waals surface area contributed by atoms with Gasteiger partial charge < -0.3 is 9.84 Å². The van der Waals surface area contributed by atoms with Crippen molar-refractivity contribution in [2.45, 2.75) is 58.2 Å². The Labute approximate surface area is 105 Å². The fraction of sp³-hybridized carbons (Fsp3) is 1.00. The van der Waals surface area contributed by atoms with E-state index < -0.39 is 0 Å². The van der Waals surface area contributed by atoms with Crippen LogP contribution in [0, 0.1) is 11.8 Å². The number of hydrogen-bond acceptors (Lipinski definition) is 3. The summed E-state index contributed by atoms with van der Waals surface area (Å²) in [6.07, 6.45) is 3.18. The van der Waals surface area contributed by atoms with Crippen molar-refractivity contribution in [2.24, 2.45) is 11.8 Å². The SMILES string of the molecule is CC(C)C1CCC(O)C(N2CCOCC2C)C1. The molecule has 3 heteroatoms. The van der Waals surface area contributed by atoms with E-state index in [-0.39, 0.29) is 6.10 Å². The van der Waals surface area contributed by atoms with Gasteiger partial charge in [-0.05, 0) is 38.0 Å². The van der Waals surface area contributed by atoms with Crippen LogP contribution in [0.4, 0.5) is 0 Å². The summed E-state index contributed by atoms with van der Waals surface area (Å²) in [4.78, 5) is 2.47. The molecule has 2 fully saturated rings. The van der Waals surface area contributed by atoms with Gasteiger partial charge in [-0.25, -0.2) is 0 Å². The molecule has 1 N–H and O–H groups in total. The molecule has 0 aromatic carbocycles. The smallest absolute Gasteiger partial charge is 0.0695 e. The molecule has 1 aliphatic heterocycles. The van der Waals surface area contributed by atoms with Crippen molar-refractivity contribution in [3.63, 3.8) is 0 Å². The monoisotopic (exact) mass is 241 g/mol. The van der Waals surface area contributed by atoms with E-state index in [9.17, 15) is 5.11 Å². The van der Waals surface area contributed by atoms with E-state index in [2.05, 4.69) is 25.7 Å². The minimum atomic E-state index is -0.134. The van der Waals surface area contributed by atoms with Crippen molar-refractivity contribution in [3.8, 4) is 0 Å². The maximum absolute atomic E-state index is 10.3. The molecule has 1 aliphatic carbocycles. The van der Waals surface area contributed by atoms with Gasteiger partial charge in [0.2, 0.25) is 0 Å². The van der Waals surface area contributed by atoms with Crippen molar-refractivity contribution < 1.29 is 9.84 Å². The Kier molecular flexibility index (Phi) is 4.45. The molecule has 0 radical (unpaired) electrons. The molecule has 3 nitrogen and oxygen atoms in total. The van der Waals surface area contributed by atoms with Gasteiger partial charge in [-0.3, -0.25) is 4.90 Å². The number of hydrogen-bond donors (Lipinski definition) is 1. The van der Waals surface area contributed by atoms with Crippen LogP contribution in [0.2, 0.25) is 0 Å². The summed E-state index contributed by atoms with van der Waals surface area (Å²) < 4.78 is 5.49. The van der Waals surface area contributed by atoms with Crippen LogP contribution in [-0.4, -0.2) is 48.0 Å². The van der Waals surface area contributed by atoms with Crippen LogP contribution in [0.1, 0.15) is 40.0 Å². The number of ether oxygens (including phenoxy) is 1. The minimum Gasteiger partial charge on any atom is -0.391 e. The van der Waals surface area contributed by atoms with Crippen LogP contribution in [0.25, 0.3) is 0 Å². The predicted molar refractivity (Wildman–Crippen MR) is 69.0 cm³/mol. The molecule has 4 atom stereocenters. The Morgan fingerprint density at radius 1 is 1.29 bits per heavy atom. The van der Waals surface area contributed by atoms with Crippen LogP contribution in [0.3, 0.4) is 0 Å². The van der Waals surface area contributed by atoms with Gasteiger partial charge in [0.05, 0.1) is 19.3 Å². The summed E-state index contributed by atoms with van der Waals surface area (Å²) in [5.74, 6) is 1.51. The highest BCUT2D eigenvalue weighted by Crippen LogP contribution is 2.33. The molecule has 1 saturated carbocycles. The molecule has 0 aromatic rings. The van der Waals surface area contributed by atoms with Crippen LogP contribution in [0.15, 0.2) is 0 Å². The molecule has 0 aromatic heterocycles. The van der Waals surface area contributed by atoms with Crippen molar-refractivity contribution in [1.29, 1.82) is 0 Å². The third-order valence-corrected chi connectivity index (χ3v) is 4.61. The van der Waals surface area contributed by atoms with Crippen molar-refractivity contribution >= 4 is 0 Å². The first-order valence-corrected chi connectivity index (χ1v) is 7.11. The Bertz CT molecular complexity index is 244. The maximum atomic E-state index is 10.3. The van der Waals surface area contributed by atoms with Gasteiger partial charge in [0.1, 0.15) is 0 Å². The molecule has 1 saturated heterocycles. The number of morpholine rings is 1. The number of aliphatic hydroxyl groups excluding tert-OH is 1. The lowest BCUT2D eigenvalue weighted by molar-refractivity contribution is -0.0752. The molecule has 1 heterocycles. The van der Waals surface area contributed by atoms with E-state index in [0.717, 1.165) is 44.4 Å². The Morgan fingerprint density at radius 2 is 2.06 bits per heavy atom. The van der Waals surface area contributed by atoms with Gasteiger partial charge in [-0.15, -0.1) is 0 Å². The lowest BCUT2D eigenvalue weighted by atomic mass is 9.77. The normalized spacial score (nSPS) is 40.8. The molecule has 2 rings (SSSR count). The van der Waals surface area contributed by atoms with Gasteiger partial charge in [-0.1, -0.05) is 13.8 Å². The van der Waals surface area contributed by atoms with Gasteiger partial charge in [-0.2, -0.15) is 0 Å². The molecule has 0 amide bonds. The average molecular weight is 241 g/mol. The lowest BCUT2D eigenvalue weighted by Crippen LogP contribution is -2.55. The van der Waals surface area contributed by atoms with Gasteiger partial charge in [0, 0.05) is 18.6 Å². The fourth-order valence-corrected chi connectivity index (χ4v) is 3.36. The minimum absolute atomic E-state index is 0.134.